The number of Topliss-reactive ketones (excluding diaryl/α,β-unsaturated/α-hetero) is 1. The van der Waals surface area contributed by atoms with Crippen LogP contribution in [0.25, 0.3) is 0 Å². The fourth-order valence-electron chi connectivity index (χ4n) is 2.30. The molecule has 0 bridgehead atoms. The van der Waals surface area contributed by atoms with Gasteiger partial charge < -0.3 is 10.2 Å². The maximum atomic E-state index is 12.5. The molecule has 2 amide bonds. The van der Waals surface area contributed by atoms with E-state index < -0.39 is 17.7 Å². The minimum Gasteiger partial charge on any atom is -0.341 e. The van der Waals surface area contributed by atoms with E-state index in [-0.39, 0.29) is 17.7 Å². The summed E-state index contributed by atoms with van der Waals surface area (Å²) in [4.78, 5) is 37.8. The molecule has 1 saturated heterocycles. The molecular formula is C15H26N2O3. The Kier molecular flexibility index (Phi) is 6.17. The van der Waals surface area contributed by atoms with Crippen molar-refractivity contribution in [3.05, 3.63) is 0 Å². The Balaban J connectivity index is 2.71. The van der Waals surface area contributed by atoms with Crippen LogP contribution in [0.3, 0.4) is 0 Å². The lowest BCUT2D eigenvalue weighted by Crippen LogP contribution is -2.54. The van der Waals surface area contributed by atoms with Crippen LogP contribution in [0.1, 0.15) is 47.0 Å². The summed E-state index contributed by atoms with van der Waals surface area (Å²) in [5, 5.41) is 2.61. The second kappa shape index (κ2) is 7.41. The van der Waals surface area contributed by atoms with Gasteiger partial charge in [-0.3, -0.25) is 14.4 Å². The van der Waals surface area contributed by atoms with Gasteiger partial charge in [-0.25, -0.2) is 0 Å². The SMILES string of the molecule is CC(C)C(=O)C(=O)NC(C(=O)N1CCCCC1)C(C)C. The van der Waals surface area contributed by atoms with Crippen LogP contribution in [0.5, 0.6) is 0 Å². The van der Waals surface area contributed by atoms with Crippen molar-refractivity contribution in [1.29, 1.82) is 0 Å². The average Bonchev–Trinajstić information content (AvgIpc) is 2.43. The Morgan fingerprint density at radius 1 is 0.950 bits per heavy atom. The molecule has 0 aromatic rings. The molecule has 0 aliphatic carbocycles. The van der Waals surface area contributed by atoms with E-state index >= 15 is 0 Å². The number of nitrogens with one attached hydrogen (secondary N) is 1. The zero-order chi connectivity index (χ0) is 15.3. The highest BCUT2D eigenvalue weighted by Crippen LogP contribution is 2.13. The summed E-state index contributed by atoms with van der Waals surface area (Å²) >= 11 is 0. The van der Waals surface area contributed by atoms with E-state index in [9.17, 15) is 14.4 Å². The zero-order valence-electron chi connectivity index (χ0n) is 12.9. The number of hydrogen-bond donors (Lipinski definition) is 1. The van der Waals surface area contributed by atoms with Gasteiger partial charge in [0.25, 0.3) is 5.91 Å². The minimum atomic E-state index is -0.649. The van der Waals surface area contributed by atoms with E-state index in [2.05, 4.69) is 5.32 Å². The van der Waals surface area contributed by atoms with Gasteiger partial charge in [0.05, 0.1) is 0 Å². The third kappa shape index (κ3) is 4.32. The van der Waals surface area contributed by atoms with Crippen LogP contribution < -0.4 is 5.32 Å². The summed E-state index contributed by atoms with van der Waals surface area (Å²) in [6.07, 6.45) is 3.17. The number of ketones is 1. The van der Waals surface area contributed by atoms with Crippen LogP contribution in [0.2, 0.25) is 0 Å². The first-order chi connectivity index (χ1) is 9.34. The number of piperidine rings is 1. The van der Waals surface area contributed by atoms with Crippen LogP contribution in [-0.4, -0.2) is 41.6 Å². The van der Waals surface area contributed by atoms with Crippen LogP contribution in [0.15, 0.2) is 0 Å². The quantitative estimate of drug-likeness (QED) is 0.774. The molecule has 0 aromatic heterocycles. The highest BCUT2D eigenvalue weighted by Gasteiger charge is 2.31. The summed E-state index contributed by atoms with van der Waals surface area (Å²) in [5.74, 6) is -1.57. The molecule has 1 atom stereocenters. The van der Waals surface area contributed by atoms with E-state index in [1.165, 1.54) is 0 Å². The summed E-state index contributed by atoms with van der Waals surface area (Å²) < 4.78 is 0. The van der Waals surface area contributed by atoms with Crippen molar-refractivity contribution in [2.45, 2.75) is 53.0 Å². The van der Waals surface area contributed by atoms with Crippen molar-refractivity contribution >= 4 is 17.6 Å². The molecule has 0 radical (unpaired) electrons. The molecule has 5 nitrogen and oxygen atoms in total. The van der Waals surface area contributed by atoms with Crippen molar-refractivity contribution < 1.29 is 14.4 Å². The first-order valence-corrected chi connectivity index (χ1v) is 7.48. The average molecular weight is 282 g/mol. The van der Waals surface area contributed by atoms with Gasteiger partial charge >= 0.3 is 0 Å². The van der Waals surface area contributed by atoms with E-state index in [1.54, 1.807) is 18.7 Å². The smallest absolute Gasteiger partial charge is 0.288 e. The standard InChI is InChI=1S/C15H26N2O3/c1-10(2)12(16-14(19)13(18)11(3)4)15(20)17-8-6-5-7-9-17/h10-12H,5-9H2,1-4H3,(H,16,19). The van der Waals surface area contributed by atoms with Crippen molar-refractivity contribution in [1.82, 2.24) is 10.2 Å². The van der Waals surface area contributed by atoms with Gasteiger partial charge in [-0.2, -0.15) is 0 Å². The van der Waals surface area contributed by atoms with Crippen LogP contribution in [0, 0.1) is 11.8 Å². The van der Waals surface area contributed by atoms with Gasteiger partial charge in [0.1, 0.15) is 6.04 Å². The predicted octanol–water partition coefficient (Wildman–Crippen LogP) is 1.36. The third-order valence-corrected chi connectivity index (χ3v) is 3.64. The number of carbonyl (C=O) groups is 3. The molecule has 1 fully saturated rings. The van der Waals surface area contributed by atoms with E-state index in [0.717, 1.165) is 32.4 Å². The Morgan fingerprint density at radius 3 is 1.95 bits per heavy atom. The van der Waals surface area contributed by atoms with Gasteiger partial charge in [-0.05, 0) is 25.2 Å². The van der Waals surface area contributed by atoms with E-state index in [1.807, 2.05) is 13.8 Å². The molecule has 1 heterocycles. The number of rotatable bonds is 5. The normalized spacial score (nSPS) is 17.2. The van der Waals surface area contributed by atoms with Crippen molar-refractivity contribution in [2.24, 2.45) is 11.8 Å². The molecule has 0 spiro atoms. The maximum absolute atomic E-state index is 12.5. The molecule has 1 rings (SSSR count). The minimum absolute atomic E-state index is 0.0339. The number of likely N-dealkylation sites (tertiary alicyclic amines) is 1. The van der Waals surface area contributed by atoms with Gasteiger partial charge in [0.15, 0.2) is 0 Å². The Hall–Kier alpha value is -1.39. The monoisotopic (exact) mass is 282 g/mol. The molecule has 20 heavy (non-hydrogen) atoms. The highest BCUT2D eigenvalue weighted by molar-refractivity contribution is 6.37. The van der Waals surface area contributed by atoms with Gasteiger partial charge in [-0.1, -0.05) is 27.7 Å². The molecule has 1 N–H and O–H groups in total. The molecule has 5 heteroatoms. The topological polar surface area (TPSA) is 66.5 Å². The lowest BCUT2D eigenvalue weighted by molar-refractivity contribution is -0.143. The van der Waals surface area contributed by atoms with Crippen molar-refractivity contribution in [2.75, 3.05) is 13.1 Å². The first-order valence-electron chi connectivity index (χ1n) is 7.48. The first kappa shape index (κ1) is 16.7. The maximum Gasteiger partial charge on any atom is 0.288 e. The van der Waals surface area contributed by atoms with Crippen molar-refractivity contribution in [3.63, 3.8) is 0 Å². The second-order valence-electron chi connectivity index (χ2n) is 6.10. The van der Waals surface area contributed by atoms with Gasteiger partial charge in [-0.15, -0.1) is 0 Å². The summed E-state index contributed by atoms with van der Waals surface area (Å²) in [6.45, 7) is 8.61. The number of hydrogen-bond acceptors (Lipinski definition) is 3. The highest BCUT2D eigenvalue weighted by atomic mass is 16.2. The second-order valence-corrected chi connectivity index (χ2v) is 6.10. The van der Waals surface area contributed by atoms with Gasteiger partial charge in [0.2, 0.25) is 11.7 Å². The summed E-state index contributed by atoms with van der Waals surface area (Å²) in [7, 11) is 0. The molecule has 0 saturated carbocycles. The molecular weight excluding hydrogens is 256 g/mol. The van der Waals surface area contributed by atoms with Crippen LogP contribution >= 0.6 is 0 Å². The lowest BCUT2D eigenvalue weighted by Gasteiger charge is -2.32. The number of carbonyl (C=O) groups excluding carboxylic acids is 3. The largest absolute Gasteiger partial charge is 0.341 e. The predicted molar refractivity (Wildman–Crippen MR) is 77.0 cm³/mol. The number of amides is 2. The number of nitrogens with zero attached hydrogens (tertiary/aromatic N) is 1. The molecule has 0 aromatic carbocycles. The molecule has 1 aliphatic heterocycles. The summed E-state index contributed by atoms with van der Waals surface area (Å²) in [5.41, 5.74) is 0. The summed E-state index contributed by atoms with van der Waals surface area (Å²) in [6, 6.07) is -0.608. The van der Waals surface area contributed by atoms with Crippen LogP contribution in [-0.2, 0) is 14.4 Å². The van der Waals surface area contributed by atoms with Crippen molar-refractivity contribution in [3.8, 4) is 0 Å². The Morgan fingerprint density at radius 2 is 1.50 bits per heavy atom. The molecule has 1 aliphatic rings. The third-order valence-electron chi connectivity index (χ3n) is 3.64. The van der Waals surface area contributed by atoms with E-state index in [0.29, 0.717) is 0 Å². The lowest BCUT2D eigenvalue weighted by atomic mass is 10.00. The van der Waals surface area contributed by atoms with Gasteiger partial charge in [0, 0.05) is 19.0 Å². The fraction of sp³-hybridized carbons (Fsp3) is 0.800. The molecule has 1 unspecified atom stereocenters. The fourth-order valence-corrected chi connectivity index (χ4v) is 2.30. The Bertz CT molecular complexity index is 371. The molecule has 114 valence electrons. The van der Waals surface area contributed by atoms with E-state index in [4.69, 9.17) is 0 Å². The van der Waals surface area contributed by atoms with Crippen LogP contribution in [0.4, 0.5) is 0 Å². The zero-order valence-corrected chi connectivity index (χ0v) is 12.9. The Labute approximate surface area is 121 Å².